The Bertz CT molecular complexity index is 1250. The summed E-state index contributed by atoms with van der Waals surface area (Å²) in [7, 11) is 0. The zero-order valence-corrected chi connectivity index (χ0v) is 22.7. The number of anilines is 1. The van der Waals surface area contributed by atoms with Gasteiger partial charge in [-0.3, -0.25) is 29.5 Å². The number of amides is 3. The summed E-state index contributed by atoms with van der Waals surface area (Å²) in [5, 5.41) is 10.0. The molecule has 1 unspecified atom stereocenters. The molecular weight excluding hydrogens is 505 g/mol. The van der Waals surface area contributed by atoms with Crippen molar-refractivity contribution in [1.29, 1.82) is 0 Å². The van der Waals surface area contributed by atoms with Gasteiger partial charge in [-0.1, -0.05) is 0 Å². The van der Waals surface area contributed by atoms with Crippen LogP contribution in [0.3, 0.4) is 0 Å². The van der Waals surface area contributed by atoms with Crippen molar-refractivity contribution in [1.82, 2.24) is 29.9 Å². The monoisotopic (exact) mass is 541 g/mol. The van der Waals surface area contributed by atoms with Gasteiger partial charge in [0.05, 0.1) is 42.1 Å². The standard InChI is InChI=1S/C27H36FN7O4/c1-27(2,3)39-26(38)34-10-11-35-20(16-34)12-19(32-35)15-33-8-6-17(7-9-33)24-21(28)13-18(14-29-24)30-22-4-5-23(36)31-25(22)37/h12-14,17,22,30H,4-11,15-16H2,1-3H3,(H,31,36,37). The Balaban J connectivity index is 1.12. The van der Waals surface area contributed by atoms with Gasteiger partial charge in [0.25, 0.3) is 0 Å². The number of hydrogen-bond acceptors (Lipinski definition) is 8. The van der Waals surface area contributed by atoms with Gasteiger partial charge in [0.15, 0.2) is 0 Å². The van der Waals surface area contributed by atoms with Crippen molar-refractivity contribution in [2.24, 2.45) is 0 Å². The van der Waals surface area contributed by atoms with Crippen LogP contribution in [0.2, 0.25) is 0 Å². The number of pyridine rings is 1. The molecule has 5 heterocycles. The molecule has 5 rings (SSSR count). The lowest BCUT2D eigenvalue weighted by molar-refractivity contribution is -0.133. The Morgan fingerprint density at radius 3 is 2.62 bits per heavy atom. The van der Waals surface area contributed by atoms with E-state index in [0.717, 1.165) is 37.3 Å². The Morgan fingerprint density at radius 2 is 1.92 bits per heavy atom. The number of aromatic nitrogens is 3. The molecule has 2 saturated heterocycles. The van der Waals surface area contributed by atoms with Crippen molar-refractivity contribution in [2.75, 3.05) is 25.0 Å². The van der Waals surface area contributed by atoms with Crippen LogP contribution in [0.5, 0.6) is 0 Å². The van der Waals surface area contributed by atoms with Crippen LogP contribution in [0, 0.1) is 5.82 Å². The van der Waals surface area contributed by atoms with Crippen molar-refractivity contribution in [2.45, 2.75) is 83.6 Å². The van der Waals surface area contributed by atoms with Crippen molar-refractivity contribution in [3.8, 4) is 0 Å². The second kappa shape index (κ2) is 10.9. The average Bonchev–Trinajstić information content (AvgIpc) is 3.27. The minimum Gasteiger partial charge on any atom is -0.444 e. The highest BCUT2D eigenvalue weighted by Crippen LogP contribution is 2.30. The molecule has 1 atom stereocenters. The number of hydrogen-bond donors (Lipinski definition) is 2. The fourth-order valence-corrected chi connectivity index (χ4v) is 5.34. The van der Waals surface area contributed by atoms with Crippen molar-refractivity contribution in [3.63, 3.8) is 0 Å². The van der Waals surface area contributed by atoms with Crippen LogP contribution in [-0.2, 0) is 34.0 Å². The number of nitrogens with one attached hydrogen (secondary N) is 2. The molecule has 0 aromatic carbocycles. The Labute approximate surface area is 227 Å². The number of halogens is 1. The molecule has 0 aliphatic carbocycles. The molecular formula is C27H36FN7O4. The summed E-state index contributed by atoms with van der Waals surface area (Å²) in [5.74, 6) is -1.06. The number of imide groups is 1. The van der Waals surface area contributed by atoms with Crippen LogP contribution in [-0.4, -0.2) is 73.7 Å². The maximum atomic E-state index is 15.0. The summed E-state index contributed by atoms with van der Waals surface area (Å²) in [6.45, 7) is 9.56. The van der Waals surface area contributed by atoms with E-state index in [0.29, 0.717) is 44.0 Å². The molecule has 0 bridgehead atoms. The van der Waals surface area contributed by atoms with Crippen LogP contribution in [0.4, 0.5) is 14.9 Å². The number of nitrogens with zero attached hydrogens (tertiary/aromatic N) is 5. The molecule has 2 N–H and O–H groups in total. The molecule has 0 saturated carbocycles. The number of carbonyl (C=O) groups is 3. The van der Waals surface area contributed by atoms with Gasteiger partial charge in [-0.25, -0.2) is 9.18 Å². The number of rotatable bonds is 5. The summed E-state index contributed by atoms with van der Waals surface area (Å²) in [4.78, 5) is 44.2. The fourth-order valence-electron chi connectivity index (χ4n) is 5.34. The van der Waals surface area contributed by atoms with E-state index in [-0.39, 0.29) is 30.2 Å². The highest BCUT2D eigenvalue weighted by Gasteiger charge is 2.29. The van der Waals surface area contributed by atoms with Gasteiger partial charge in [-0.05, 0) is 59.2 Å². The van der Waals surface area contributed by atoms with Gasteiger partial charge < -0.3 is 15.0 Å². The van der Waals surface area contributed by atoms with Gasteiger partial charge >= 0.3 is 6.09 Å². The molecule has 0 spiro atoms. The minimum atomic E-state index is -0.577. The van der Waals surface area contributed by atoms with E-state index >= 15 is 0 Å². The smallest absolute Gasteiger partial charge is 0.410 e. The third kappa shape index (κ3) is 6.55. The first kappa shape index (κ1) is 27.0. The maximum Gasteiger partial charge on any atom is 0.410 e. The summed E-state index contributed by atoms with van der Waals surface area (Å²) < 4.78 is 22.5. The van der Waals surface area contributed by atoms with Gasteiger partial charge in [0.2, 0.25) is 11.8 Å². The van der Waals surface area contributed by atoms with Crippen LogP contribution in [0.25, 0.3) is 0 Å². The number of ether oxygens (including phenoxy) is 1. The van der Waals surface area contributed by atoms with E-state index in [1.165, 1.54) is 6.07 Å². The van der Waals surface area contributed by atoms with Gasteiger partial charge in [-0.15, -0.1) is 0 Å². The zero-order valence-electron chi connectivity index (χ0n) is 22.7. The lowest BCUT2D eigenvalue weighted by atomic mass is 9.92. The molecule has 3 aliphatic heterocycles. The minimum absolute atomic E-state index is 0.0171. The molecule has 11 nitrogen and oxygen atoms in total. The van der Waals surface area contributed by atoms with Gasteiger partial charge in [0.1, 0.15) is 17.5 Å². The number of carbonyl (C=O) groups excluding carboxylic acids is 3. The lowest BCUT2D eigenvalue weighted by Gasteiger charge is -2.31. The van der Waals surface area contributed by atoms with Gasteiger partial charge in [-0.2, -0.15) is 5.10 Å². The maximum absolute atomic E-state index is 15.0. The normalized spacial score (nSPS) is 20.9. The Hall–Kier alpha value is -3.54. The Morgan fingerprint density at radius 1 is 1.15 bits per heavy atom. The van der Waals surface area contributed by atoms with E-state index < -0.39 is 17.6 Å². The summed E-state index contributed by atoms with van der Waals surface area (Å²) in [6.07, 6.45) is 3.44. The second-order valence-electron chi connectivity index (χ2n) is 11.5. The van der Waals surface area contributed by atoms with E-state index in [1.807, 2.05) is 25.5 Å². The van der Waals surface area contributed by atoms with E-state index in [9.17, 15) is 18.8 Å². The quantitative estimate of drug-likeness (QED) is 0.555. The largest absolute Gasteiger partial charge is 0.444 e. The fraction of sp³-hybridized carbons (Fsp3) is 0.593. The highest BCUT2D eigenvalue weighted by molar-refractivity contribution is 6.01. The number of likely N-dealkylation sites (tertiary alicyclic amines) is 1. The first-order chi connectivity index (χ1) is 18.5. The van der Waals surface area contributed by atoms with E-state index in [4.69, 9.17) is 9.84 Å². The third-order valence-corrected chi connectivity index (χ3v) is 7.31. The molecule has 3 aliphatic rings. The number of piperidine rings is 2. The molecule has 2 fully saturated rings. The van der Waals surface area contributed by atoms with Crippen molar-refractivity contribution in [3.05, 3.63) is 41.2 Å². The zero-order chi connectivity index (χ0) is 27.7. The van der Waals surface area contributed by atoms with E-state index in [2.05, 4.69) is 26.6 Å². The van der Waals surface area contributed by atoms with Crippen molar-refractivity contribution < 1.29 is 23.5 Å². The highest BCUT2D eigenvalue weighted by atomic mass is 19.1. The van der Waals surface area contributed by atoms with Crippen LogP contribution < -0.4 is 10.6 Å². The molecule has 210 valence electrons. The lowest BCUT2D eigenvalue weighted by Crippen LogP contribution is -2.47. The SMILES string of the molecule is CC(C)(C)OC(=O)N1CCn2nc(CN3CCC(c4ncc(NC5CCC(=O)NC5=O)cc4F)CC3)cc2C1. The molecule has 12 heteroatoms. The van der Waals surface area contributed by atoms with Crippen molar-refractivity contribution >= 4 is 23.6 Å². The second-order valence-corrected chi connectivity index (χ2v) is 11.5. The van der Waals surface area contributed by atoms with Crippen LogP contribution >= 0.6 is 0 Å². The van der Waals surface area contributed by atoms with Crippen LogP contribution in [0.15, 0.2) is 18.3 Å². The predicted octanol–water partition coefficient (Wildman–Crippen LogP) is 2.76. The first-order valence-corrected chi connectivity index (χ1v) is 13.6. The molecule has 2 aromatic heterocycles. The van der Waals surface area contributed by atoms with Crippen LogP contribution in [0.1, 0.15) is 69.5 Å². The molecule has 2 aromatic rings. The Kier molecular flexibility index (Phi) is 7.57. The van der Waals surface area contributed by atoms with E-state index in [1.54, 1.807) is 11.1 Å². The molecule has 39 heavy (non-hydrogen) atoms. The predicted molar refractivity (Wildman–Crippen MR) is 140 cm³/mol. The molecule has 3 amide bonds. The average molecular weight is 542 g/mol. The third-order valence-electron chi connectivity index (χ3n) is 7.31. The summed E-state index contributed by atoms with van der Waals surface area (Å²) in [5.41, 5.74) is 2.30. The number of fused-ring (bicyclic) bond motifs is 1. The summed E-state index contributed by atoms with van der Waals surface area (Å²) in [6, 6.07) is 2.86. The topological polar surface area (TPSA) is 122 Å². The molecule has 0 radical (unpaired) electrons. The first-order valence-electron chi connectivity index (χ1n) is 13.6. The summed E-state index contributed by atoms with van der Waals surface area (Å²) >= 11 is 0. The van der Waals surface area contributed by atoms with Gasteiger partial charge in [0, 0.05) is 31.5 Å².